The Labute approximate surface area is 118 Å². The summed E-state index contributed by atoms with van der Waals surface area (Å²) in [6, 6.07) is 7.86. The quantitative estimate of drug-likeness (QED) is 0.920. The van der Waals surface area contributed by atoms with E-state index in [1.807, 2.05) is 31.2 Å². The van der Waals surface area contributed by atoms with Crippen molar-refractivity contribution in [3.8, 4) is 0 Å². The van der Waals surface area contributed by atoms with Crippen LogP contribution in [-0.2, 0) is 16.0 Å². The molecule has 102 valence electrons. The minimum Gasteiger partial charge on any atom is -0.379 e. The van der Waals surface area contributed by atoms with Crippen molar-refractivity contribution in [1.29, 1.82) is 0 Å². The summed E-state index contributed by atoms with van der Waals surface area (Å²) >= 11 is 5.89. The highest BCUT2D eigenvalue weighted by atomic mass is 35.5. The fourth-order valence-corrected chi connectivity index (χ4v) is 2.55. The molecule has 3 rings (SSSR count). The SMILES string of the molecule is CC1(C(=O)NC2(Cc3ccc(Cl)cc3)CC2)COC1. The first-order valence-corrected chi connectivity index (χ1v) is 7.04. The molecule has 2 aliphatic rings. The summed E-state index contributed by atoms with van der Waals surface area (Å²) in [5, 5.41) is 3.97. The first-order valence-electron chi connectivity index (χ1n) is 6.66. The van der Waals surface area contributed by atoms with Gasteiger partial charge in [-0.2, -0.15) is 0 Å². The standard InChI is InChI=1S/C15H18ClNO2/c1-14(9-19-10-14)13(18)17-15(6-7-15)8-11-2-4-12(16)5-3-11/h2-5H,6-10H2,1H3,(H,17,18). The number of benzene rings is 1. The second kappa shape index (κ2) is 4.50. The van der Waals surface area contributed by atoms with Crippen LogP contribution in [-0.4, -0.2) is 24.7 Å². The molecule has 19 heavy (non-hydrogen) atoms. The first kappa shape index (κ1) is 12.9. The Kier molecular flexibility index (Phi) is 3.06. The van der Waals surface area contributed by atoms with E-state index in [2.05, 4.69) is 5.32 Å². The zero-order valence-corrected chi connectivity index (χ0v) is 11.8. The minimum atomic E-state index is -0.324. The zero-order chi connectivity index (χ0) is 13.5. The molecule has 1 saturated heterocycles. The van der Waals surface area contributed by atoms with Crippen LogP contribution in [0.4, 0.5) is 0 Å². The third-order valence-corrected chi connectivity index (χ3v) is 4.33. The highest BCUT2D eigenvalue weighted by Gasteiger charge is 2.49. The molecule has 4 heteroatoms. The van der Waals surface area contributed by atoms with Gasteiger partial charge in [0.2, 0.25) is 5.91 Å². The Bertz CT molecular complexity index is 489. The Morgan fingerprint density at radius 2 is 1.95 bits per heavy atom. The third kappa shape index (κ3) is 2.63. The highest BCUT2D eigenvalue weighted by Crippen LogP contribution is 2.40. The number of rotatable bonds is 4. The van der Waals surface area contributed by atoms with Gasteiger partial charge in [0.05, 0.1) is 18.6 Å². The van der Waals surface area contributed by atoms with Crippen molar-refractivity contribution in [3.05, 3.63) is 34.9 Å². The van der Waals surface area contributed by atoms with E-state index in [0.29, 0.717) is 13.2 Å². The van der Waals surface area contributed by atoms with Crippen molar-refractivity contribution in [2.24, 2.45) is 5.41 Å². The van der Waals surface area contributed by atoms with Crippen molar-refractivity contribution in [1.82, 2.24) is 5.32 Å². The number of nitrogens with one attached hydrogen (secondary N) is 1. The third-order valence-electron chi connectivity index (χ3n) is 4.08. The summed E-state index contributed by atoms with van der Waals surface area (Å²) < 4.78 is 5.15. The van der Waals surface area contributed by atoms with Crippen LogP contribution >= 0.6 is 11.6 Å². The number of amides is 1. The number of carbonyl (C=O) groups is 1. The average Bonchev–Trinajstić information content (AvgIpc) is 3.09. The van der Waals surface area contributed by atoms with Crippen molar-refractivity contribution in [3.63, 3.8) is 0 Å². The predicted octanol–water partition coefficient (Wildman–Crippen LogP) is 2.57. The van der Waals surface area contributed by atoms with E-state index in [0.717, 1.165) is 24.3 Å². The molecule has 0 bridgehead atoms. The largest absolute Gasteiger partial charge is 0.379 e. The lowest BCUT2D eigenvalue weighted by Gasteiger charge is -2.37. The van der Waals surface area contributed by atoms with Gasteiger partial charge in [-0.15, -0.1) is 0 Å². The minimum absolute atomic E-state index is 0.0382. The fraction of sp³-hybridized carbons (Fsp3) is 0.533. The fourth-order valence-electron chi connectivity index (χ4n) is 2.42. The molecular weight excluding hydrogens is 262 g/mol. The van der Waals surface area contributed by atoms with Crippen LogP contribution in [0.5, 0.6) is 0 Å². The van der Waals surface area contributed by atoms with Gasteiger partial charge >= 0.3 is 0 Å². The van der Waals surface area contributed by atoms with Gasteiger partial charge in [0, 0.05) is 10.6 Å². The second-order valence-corrected chi connectivity index (χ2v) is 6.53. The molecule has 0 radical (unpaired) electrons. The van der Waals surface area contributed by atoms with Gasteiger partial charge in [-0.25, -0.2) is 0 Å². The monoisotopic (exact) mass is 279 g/mol. The zero-order valence-electron chi connectivity index (χ0n) is 11.0. The summed E-state index contributed by atoms with van der Waals surface area (Å²) in [6.07, 6.45) is 2.99. The number of halogens is 1. The Morgan fingerprint density at radius 3 is 2.42 bits per heavy atom. The number of carbonyl (C=O) groups excluding carboxylic acids is 1. The van der Waals surface area contributed by atoms with Crippen LogP contribution in [0.2, 0.25) is 5.02 Å². The summed E-state index contributed by atoms with van der Waals surface area (Å²) in [5.41, 5.74) is 0.858. The molecule has 1 amide bonds. The molecule has 1 aromatic rings. The van der Waals surface area contributed by atoms with Gasteiger partial charge in [0.15, 0.2) is 0 Å². The van der Waals surface area contributed by atoms with E-state index >= 15 is 0 Å². The smallest absolute Gasteiger partial charge is 0.231 e. The summed E-state index contributed by atoms with van der Waals surface area (Å²) in [7, 11) is 0. The van der Waals surface area contributed by atoms with Gasteiger partial charge in [0.1, 0.15) is 0 Å². The second-order valence-electron chi connectivity index (χ2n) is 6.09. The van der Waals surface area contributed by atoms with Gasteiger partial charge < -0.3 is 10.1 Å². The molecule has 0 atom stereocenters. The van der Waals surface area contributed by atoms with Crippen molar-refractivity contribution < 1.29 is 9.53 Å². The molecular formula is C15H18ClNO2. The predicted molar refractivity (Wildman–Crippen MR) is 74.2 cm³/mol. The van der Waals surface area contributed by atoms with Crippen LogP contribution in [0.3, 0.4) is 0 Å². The lowest BCUT2D eigenvalue weighted by Crippen LogP contribution is -2.55. The molecule has 0 unspecified atom stereocenters. The first-order chi connectivity index (χ1) is 9.01. The summed E-state index contributed by atoms with van der Waals surface area (Å²) in [5.74, 6) is 0.130. The molecule has 1 aliphatic carbocycles. The van der Waals surface area contributed by atoms with Gasteiger partial charge in [-0.05, 0) is 43.9 Å². The highest BCUT2D eigenvalue weighted by molar-refractivity contribution is 6.30. The molecule has 1 heterocycles. The van der Waals surface area contributed by atoms with E-state index in [1.54, 1.807) is 0 Å². The normalized spacial score (nSPS) is 22.4. The molecule has 0 spiro atoms. The van der Waals surface area contributed by atoms with E-state index in [9.17, 15) is 4.79 Å². The topological polar surface area (TPSA) is 38.3 Å². The van der Waals surface area contributed by atoms with Crippen LogP contribution in [0.25, 0.3) is 0 Å². The molecule has 2 fully saturated rings. The van der Waals surface area contributed by atoms with Gasteiger partial charge in [-0.3, -0.25) is 4.79 Å². The van der Waals surface area contributed by atoms with Crippen molar-refractivity contribution in [2.45, 2.75) is 31.7 Å². The number of hydrogen-bond acceptors (Lipinski definition) is 2. The van der Waals surface area contributed by atoms with E-state index < -0.39 is 0 Å². The summed E-state index contributed by atoms with van der Waals surface area (Å²) in [6.45, 7) is 3.04. The van der Waals surface area contributed by atoms with Crippen LogP contribution in [0, 0.1) is 5.41 Å². The molecule has 1 saturated carbocycles. The molecule has 1 aliphatic heterocycles. The Morgan fingerprint density at radius 1 is 1.32 bits per heavy atom. The summed E-state index contributed by atoms with van der Waals surface area (Å²) in [4.78, 5) is 12.2. The number of ether oxygens (including phenoxy) is 1. The van der Waals surface area contributed by atoms with E-state index in [4.69, 9.17) is 16.3 Å². The lowest BCUT2D eigenvalue weighted by atomic mass is 9.87. The van der Waals surface area contributed by atoms with Crippen molar-refractivity contribution in [2.75, 3.05) is 13.2 Å². The number of hydrogen-bond donors (Lipinski definition) is 1. The van der Waals surface area contributed by atoms with Crippen LogP contribution in [0.15, 0.2) is 24.3 Å². The maximum Gasteiger partial charge on any atom is 0.231 e. The molecule has 3 nitrogen and oxygen atoms in total. The van der Waals surface area contributed by atoms with Gasteiger partial charge in [-0.1, -0.05) is 23.7 Å². The molecule has 1 aromatic carbocycles. The Hall–Kier alpha value is -1.06. The van der Waals surface area contributed by atoms with Crippen molar-refractivity contribution >= 4 is 17.5 Å². The van der Waals surface area contributed by atoms with E-state index in [1.165, 1.54) is 5.56 Å². The maximum absolute atomic E-state index is 12.2. The maximum atomic E-state index is 12.2. The average molecular weight is 280 g/mol. The molecule has 0 aromatic heterocycles. The molecule has 1 N–H and O–H groups in total. The Balaban J connectivity index is 1.64. The van der Waals surface area contributed by atoms with Gasteiger partial charge in [0.25, 0.3) is 0 Å². The van der Waals surface area contributed by atoms with E-state index in [-0.39, 0.29) is 16.9 Å². The van der Waals surface area contributed by atoms with Crippen LogP contribution in [0.1, 0.15) is 25.3 Å². The lowest BCUT2D eigenvalue weighted by molar-refractivity contribution is -0.158. The van der Waals surface area contributed by atoms with Crippen LogP contribution < -0.4 is 5.32 Å².